The number of rotatable bonds is 8. The van der Waals surface area contributed by atoms with Crippen molar-refractivity contribution in [2.45, 2.75) is 26.7 Å². The van der Waals surface area contributed by atoms with Crippen molar-refractivity contribution in [2.24, 2.45) is 5.41 Å². The molecule has 6 nitrogen and oxygen atoms in total. The van der Waals surface area contributed by atoms with E-state index in [4.69, 9.17) is 9.47 Å². The molecule has 0 radical (unpaired) electrons. The highest BCUT2D eigenvalue weighted by Gasteiger charge is 2.25. The van der Waals surface area contributed by atoms with Crippen LogP contribution in [0.2, 0.25) is 0 Å². The zero-order chi connectivity index (χ0) is 14.3. The van der Waals surface area contributed by atoms with Gasteiger partial charge in [-0.1, -0.05) is 13.8 Å². The molecule has 0 fully saturated rings. The SMILES string of the molecule is CCC(CC)(CO)CNc1nc(OC)cc(OC)n1. The van der Waals surface area contributed by atoms with Gasteiger partial charge in [0.2, 0.25) is 17.7 Å². The lowest BCUT2D eigenvalue weighted by Crippen LogP contribution is -2.32. The van der Waals surface area contributed by atoms with Gasteiger partial charge < -0.3 is 19.9 Å². The van der Waals surface area contributed by atoms with Gasteiger partial charge in [-0.25, -0.2) is 0 Å². The fourth-order valence-corrected chi connectivity index (χ4v) is 1.74. The smallest absolute Gasteiger partial charge is 0.229 e. The minimum Gasteiger partial charge on any atom is -0.481 e. The maximum absolute atomic E-state index is 9.53. The molecular weight excluding hydrogens is 246 g/mol. The van der Waals surface area contributed by atoms with E-state index in [1.807, 2.05) is 0 Å². The molecule has 0 spiro atoms. The molecule has 0 bridgehead atoms. The van der Waals surface area contributed by atoms with Gasteiger partial charge >= 0.3 is 0 Å². The minimum atomic E-state index is -0.153. The summed E-state index contributed by atoms with van der Waals surface area (Å²) >= 11 is 0. The quantitative estimate of drug-likeness (QED) is 0.748. The second kappa shape index (κ2) is 7.13. The summed E-state index contributed by atoms with van der Waals surface area (Å²) in [6.45, 7) is 4.86. The van der Waals surface area contributed by atoms with Gasteiger partial charge in [-0.15, -0.1) is 0 Å². The fourth-order valence-electron chi connectivity index (χ4n) is 1.74. The van der Waals surface area contributed by atoms with Crippen molar-refractivity contribution in [1.82, 2.24) is 9.97 Å². The number of nitrogens with zero attached hydrogens (tertiary/aromatic N) is 2. The Balaban J connectivity index is 2.81. The monoisotopic (exact) mass is 269 g/mol. The number of ether oxygens (including phenoxy) is 2. The van der Waals surface area contributed by atoms with Crippen molar-refractivity contribution in [3.05, 3.63) is 6.07 Å². The highest BCUT2D eigenvalue weighted by Crippen LogP contribution is 2.26. The van der Waals surface area contributed by atoms with Gasteiger partial charge in [0.1, 0.15) is 0 Å². The number of anilines is 1. The lowest BCUT2D eigenvalue weighted by Gasteiger charge is -2.29. The average molecular weight is 269 g/mol. The molecule has 1 aromatic rings. The van der Waals surface area contributed by atoms with E-state index in [2.05, 4.69) is 29.1 Å². The number of aromatic nitrogens is 2. The Morgan fingerprint density at radius 1 is 1.16 bits per heavy atom. The van der Waals surface area contributed by atoms with E-state index in [1.165, 1.54) is 0 Å². The highest BCUT2D eigenvalue weighted by molar-refractivity contribution is 5.33. The first kappa shape index (κ1) is 15.5. The Hall–Kier alpha value is -1.56. The molecule has 0 aliphatic carbocycles. The Labute approximate surface area is 114 Å². The third-order valence-electron chi connectivity index (χ3n) is 3.55. The normalized spacial score (nSPS) is 11.2. The summed E-state index contributed by atoms with van der Waals surface area (Å²) in [6.07, 6.45) is 1.77. The maximum Gasteiger partial charge on any atom is 0.229 e. The molecule has 1 rings (SSSR count). The van der Waals surface area contributed by atoms with Crippen LogP contribution in [0.15, 0.2) is 6.07 Å². The van der Waals surface area contributed by atoms with Gasteiger partial charge in [0, 0.05) is 12.0 Å². The Morgan fingerprint density at radius 3 is 2.05 bits per heavy atom. The topological polar surface area (TPSA) is 76.5 Å². The molecule has 0 atom stereocenters. The molecule has 0 unspecified atom stereocenters. The van der Waals surface area contributed by atoms with E-state index in [-0.39, 0.29) is 12.0 Å². The van der Waals surface area contributed by atoms with E-state index >= 15 is 0 Å². The molecule has 6 heteroatoms. The second-order valence-corrected chi connectivity index (χ2v) is 4.50. The van der Waals surface area contributed by atoms with Gasteiger partial charge in [0.05, 0.1) is 26.9 Å². The third kappa shape index (κ3) is 3.96. The first-order valence-electron chi connectivity index (χ1n) is 6.44. The molecular formula is C13H23N3O3. The predicted octanol–water partition coefficient (Wildman–Crippen LogP) is 1.70. The summed E-state index contributed by atoms with van der Waals surface area (Å²) in [6, 6.07) is 1.62. The van der Waals surface area contributed by atoms with Crippen molar-refractivity contribution in [1.29, 1.82) is 0 Å². The maximum atomic E-state index is 9.53. The van der Waals surface area contributed by atoms with E-state index < -0.39 is 0 Å². The lowest BCUT2D eigenvalue weighted by atomic mass is 9.83. The van der Waals surface area contributed by atoms with Crippen molar-refractivity contribution in [2.75, 3.05) is 32.7 Å². The van der Waals surface area contributed by atoms with Crippen LogP contribution in [-0.2, 0) is 0 Å². The summed E-state index contributed by atoms with van der Waals surface area (Å²) in [4.78, 5) is 8.40. The van der Waals surface area contributed by atoms with Crippen LogP contribution < -0.4 is 14.8 Å². The fraction of sp³-hybridized carbons (Fsp3) is 0.692. The van der Waals surface area contributed by atoms with E-state index in [0.29, 0.717) is 24.3 Å². The summed E-state index contributed by atoms with van der Waals surface area (Å²) < 4.78 is 10.2. The van der Waals surface area contributed by atoms with Crippen LogP contribution >= 0.6 is 0 Å². The summed E-state index contributed by atoms with van der Waals surface area (Å²) in [5.74, 6) is 1.32. The largest absolute Gasteiger partial charge is 0.481 e. The zero-order valence-corrected chi connectivity index (χ0v) is 12.1. The lowest BCUT2D eigenvalue weighted by molar-refractivity contribution is 0.127. The molecule has 0 aliphatic rings. The average Bonchev–Trinajstić information content (AvgIpc) is 2.48. The number of nitrogens with one attached hydrogen (secondary N) is 1. The summed E-state index contributed by atoms with van der Waals surface area (Å²) in [5.41, 5.74) is -0.153. The minimum absolute atomic E-state index is 0.133. The Bertz CT molecular complexity index is 364. The van der Waals surface area contributed by atoms with Crippen LogP contribution in [0.4, 0.5) is 5.95 Å². The van der Waals surface area contributed by atoms with Crippen LogP contribution in [-0.4, -0.2) is 42.4 Å². The highest BCUT2D eigenvalue weighted by atomic mass is 16.5. The molecule has 0 saturated heterocycles. The number of hydrogen-bond donors (Lipinski definition) is 2. The zero-order valence-electron chi connectivity index (χ0n) is 12.1. The van der Waals surface area contributed by atoms with Crippen LogP contribution in [0.25, 0.3) is 0 Å². The standard InChI is InChI=1S/C13H23N3O3/c1-5-13(6-2,9-17)8-14-12-15-10(18-3)7-11(16-12)19-4/h7,17H,5-6,8-9H2,1-4H3,(H,14,15,16). The molecule has 1 aromatic heterocycles. The molecule has 2 N–H and O–H groups in total. The van der Waals surface area contributed by atoms with Crippen molar-refractivity contribution in [3.63, 3.8) is 0 Å². The van der Waals surface area contributed by atoms with E-state index in [1.54, 1.807) is 20.3 Å². The molecule has 0 amide bonds. The molecule has 108 valence electrons. The first-order valence-corrected chi connectivity index (χ1v) is 6.44. The Kier molecular flexibility index (Phi) is 5.82. The van der Waals surface area contributed by atoms with E-state index in [9.17, 15) is 5.11 Å². The van der Waals surface area contributed by atoms with Crippen LogP contribution in [0.3, 0.4) is 0 Å². The van der Waals surface area contributed by atoms with Crippen LogP contribution in [0.5, 0.6) is 11.8 Å². The predicted molar refractivity (Wildman–Crippen MR) is 73.7 cm³/mol. The number of aliphatic hydroxyl groups excluding tert-OH is 1. The second-order valence-electron chi connectivity index (χ2n) is 4.50. The number of aliphatic hydroxyl groups is 1. The van der Waals surface area contributed by atoms with Gasteiger partial charge in [-0.3, -0.25) is 0 Å². The van der Waals surface area contributed by atoms with Gasteiger partial charge in [0.25, 0.3) is 0 Å². The molecule has 19 heavy (non-hydrogen) atoms. The third-order valence-corrected chi connectivity index (χ3v) is 3.55. The first-order chi connectivity index (χ1) is 9.12. The van der Waals surface area contributed by atoms with Gasteiger partial charge in [-0.05, 0) is 12.8 Å². The van der Waals surface area contributed by atoms with Crippen molar-refractivity contribution in [3.8, 4) is 11.8 Å². The summed E-state index contributed by atoms with van der Waals surface area (Å²) in [7, 11) is 3.09. The summed E-state index contributed by atoms with van der Waals surface area (Å²) in [5, 5.41) is 12.7. The van der Waals surface area contributed by atoms with Crippen molar-refractivity contribution < 1.29 is 14.6 Å². The van der Waals surface area contributed by atoms with Crippen molar-refractivity contribution >= 4 is 5.95 Å². The molecule has 0 aliphatic heterocycles. The molecule has 1 heterocycles. The molecule has 0 aromatic carbocycles. The van der Waals surface area contributed by atoms with Gasteiger partial charge in [-0.2, -0.15) is 9.97 Å². The van der Waals surface area contributed by atoms with Crippen LogP contribution in [0.1, 0.15) is 26.7 Å². The van der Waals surface area contributed by atoms with E-state index in [0.717, 1.165) is 12.8 Å². The number of hydrogen-bond acceptors (Lipinski definition) is 6. The van der Waals surface area contributed by atoms with Crippen LogP contribution in [0, 0.1) is 5.41 Å². The molecule has 0 saturated carbocycles. The van der Waals surface area contributed by atoms with Gasteiger partial charge in [0.15, 0.2) is 0 Å². The number of methoxy groups -OCH3 is 2. The Morgan fingerprint density at radius 2 is 1.68 bits per heavy atom.